The molecule has 6 nitrogen and oxygen atoms in total. The lowest BCUT2D eigenvalue weighted by Gasteiger charge is -2.28. The van der Waals surface area contributed by atoms with E-state index in [2.05, 4.69) is 0 Å². The molecule has 1 fully saturated rings. The fourth-order valence-electron chi connectivity index (χ4n) is 3.87. The van der Waals surface area contributed by atoms with Crippen LogP contribution in [0.2, 0.25) is 5.02 Å². The quantitative estimate of drug-likeness (QED) is 0.590. The lowest BCUT2D eigenvalue weighted by Crippen LogP contribution is -2.40. The molecule has 1 aliphatic rings. The molecule has 1 amide bonds. The number of halogens is 1. The Kier molecular flexibility index (Phi) is 5.66. The van der Waals surface area contributed by atoms with E-state index in [1.165, 1.54) is 11.0 Å². The van der Waals surface area contributed by atoms with Crippen LogP contribution in [-0.4, -0.2) is 36.8 Å². The zero-order valence-corrected chi connectivity index (χ0v) is 18.8. The lowest BCUT2D eigenvalue weighted by atomic mass is 10.1. The van der Waals surface area contributed by atoms with Crippen molar-refractivity contribution in [3.63, 3.8) is 0 Å². The second-order valence-electron chi connectivity index (χ2n) is 7.98. The highest BCUT2D eigenvalue weighted by Crippen LogP contribution is 2.25. The van der Waals surface area contributed by atoms with Crippen molar-refractivity contribution in [1.29, 1.82) is 0 Å². The lowest BCUT2D eigenvalue weighted by molar-refractivity contribution is 0.0648. The summed E-state index contributed by atoms with van der Waals surface area (Å²) in [6, 6.07) is 11.2. The summed E-state index contributed by atoms with van der Waals surface area (Å²) >= 11 is 5.96. The molecule has 0 radical (unpaired) electrons. The molecular formula is C23H22ClNO5S. The number of rotatable bonds is 4. The molecule has 1 atom stereocenters. The monoisotopic (exact) mass is 459 g/mol. The minimum atomic E-state index is -3.22. The molecule has 3 aromatic rings. The van der Waals surface area contributed by atoms with E-state index in [4.69, 9.17) is 16.0 Å². The van der Waals surface area contributed by atoms with Crippen molar-refractivity contribution in [2.75, 3.05) is 11.5 Å². The Bertz CT molecular complexity index is 1330. The summed E-state index contributed by atoms with van der Waals surface area (Å²) in [7, 11) is -3.22. The number of nitrogens with zero attached hydrogens (tertiary/aromatic N) is 1. The first kappa shape index (κ1) is 21.6. The highest BCUT2D eigenvalue weighted by molar-refractivity contribution is 7.91. The van der Waals surface area contributed by atoms with Gasteiger partial charge >= 0.3 is 0 Å². The van der Waals surface area contributed by atoms with E-state index in [0.717, 1.165) is 16.7 Å². The molecule has 2 heterocycles. The second-order valence-corrected chi connectivity index (χ2v) is 10.6. The normalized spacial score (nSPS) is 17.7. The number of hydrogen-bond donors (Lipinski definition) is 0. The summed E-state index contributed by atoms with van der Waals surface area (Å²) in [5.74, 6) is -0.675. The molecule has 162 valence electrons. The highest BCUT2D eigenvalue weighted by Gasteiger charge is 2.36. The van der Waals surface area contributed by atoms with Crippen LogP contribution in [0.5, 0.6) is 0 Å². The van der Waals surface area contributed by atoms with Crippen LogP contribution in [0.25, 0.3) is 11.0 Å². The topological polar surface area (TPSA) is 84.7 Å². The van der Waals surface area contributed by atoms with Gasteiger partial charge in [0.15, 0.2) is 21.0 Å². The average molecular weight is 460 g/mol. The third-order valence-electron chi connectivity index (χ3n) is 5.80. The van der Waals surface area contributed by atoms with Crippen LogP contribution in [-0.2, 0) is 16.4 Å². The molecule has 2 aromatic carbocycles. The summed E-state index contributed by atoms with van der Waals surface area (Å²) < 4.78 is 30.1. The van der Waals surface area contributed by atoms with Crippen LogP contribution in [0.4, 0.5) is 0 Å². The van der Waals surface area contributed by atoms with Gasteiger partial charge in [-0.05, 0) is 55.2 Å². The molecule has 0 saturated carbocycles. The van der Waals surface area contributed by atoms with E-state index in [9.17, 15) is 18.0 Å². The van der Waals surface area contributed by atoms with Crippen LogP contribution in [0.1, 0.15) is 33.7 Å². The molecule has 0 aliphatic carbocycles. The number of carbonyl (C=O) groups is 1. The van der Waals surface area contributed by atoms with Gasteiger partial charge in [-0.25, -0.2) is 8.42 Å². The van der Waals surface area contributed by atoms with Gasteiger partial charge in [0.05, 0.1) is 16.9 Å². The highest BCUT2D eigenvalue weighted by atomic mass is 35.5. The van der Waals surface area contributed by atoms with Crippen LogP contribution < -0.4 is 5.43 Å². The van der Waals surface area contributed by atoms with Crippen molar-refractivity contribution in [3.05, 3.63) is 80.2 Å². The molecule has 31 heavy (non-hydrogen) atoms. The third-order valence-corrected chi connectivity index (χ3v) is 7.81. The Balaban J connectivity index is 1.77. The van der Waals surface area contributed by atoms with E-state index in [1.54, 1.807) is 30.3 Å². The Morgan fingerprint density at radius 2 is 1.87 bits per heavy atom. The van der Waals surface area contributed by atoms with Crippen molar-refractivity contribution in [2.24, 2.45) is 0 Å². The number of aryl methyl sites for hydroxylation is 2. The standard InChI is InChI=1S/C23H22ClNO5S/c1-14-3-8-19-20(26)11-21(30-22(19)15(14)2)23(27)25(18-9-10-31(28,29)13-18)12-16-4-6-17(24)7-5-16/h3-8,11,18H,9-10,12-13H2,1-2H3/t18-/m1/s1. The molecule has 8 heteroatoms. The van der Waals surface area contributed by atoms with Crippen molar-refractivity contribution in [2.45, 2.75) is 32.9 Å². The first-order chi connectivity index (χ1) is 14.6. The fourth-order valence-corrected chi connectivity index (χ4v) is 5.73. The molecule has 0 bridgehead atoms. The number of amides is 1. The smallest absolute Gasteiger partial charge is 0.290 e. The van der Waals surface area contributed by atoms with Crippen molar-refractivity contribution in [3.8, 4) is 0 Å². The minimum Gasteiger partial charge on any atom is -0.450 e. The SMILES string of the molecule is Cc1ccc2c(=O)cc(C(=O)N(Cc3ccc(Cl)cc3)[C@@H]3CCS(=O)(=O)C3)oc2c1C. The summed E-state index contributed by atoms with van der Waals surface area (Å²) in [4.78, 5) is 27.6. The molecule has 0 spiro atoms. The zero-order chi connectivity index (χ0) is 22.3. The van der Waals surface area contributed by atoms with Gasteiger partial charge in [0, 0.05) is 23.7 Å². The van der Waals surface area contributed by atoms with Crippen molar-refractivity contribution >= 4 is 38.3 Å². The van der Waals surface area contributed by atoms with E-state index in [0.29, 0.717) is 22.4 Å². The Morgan fingerprint density at radius 1 is 1.16 bits per heavy atom. The first-order valence-corrected chi connectivity index (χ1v) is 12.1. The molecule has 0 N–H and O–H groups in total. The first-order valence-electron chi connectivity index (χ1n) is 9.94. The number of hydrogen-bond acceptors (Lipinski definition) is 5. The van der Waals surface area contributed by atoms with Gasteiger partial charge in [-0.2, -0.15) is 0 Å². The Labute approximate surface area is 185 Å². The molecule has 1 aliphatic heterocycles. The Hall–Kier alpha value is -2.64. The molecular weight excluding hydrogens is 438 g/mol. The van der Waals surface area contributed by atoms with E-state index in [1.807, 2.05) is 19.9 Å². The maximum absolute atomic E-state index is 13.5. The van der Waals surface area contributed by atoms with E-state index < -0.39 is 21.8 Å². The van der Waals surface area contributed by atoms with Gasteiger partial charge in [-0.15, -0.1) is 0 Å². The number of benzene rings is 2. The molecule has 1 saturated heterocycles. The van der Waals surface area contributed by atoms with Gasteiger partial charge < -0.3 is 9.32 Å². The number of carbonyl (C=O) groups excluding carboxylic acids is 1. The fraction of sp³-hybridized carbons (Fsp3) is 0.304. The van der Waals surface area contributed by atoms with Gasteiger partial charge in [0.25, 0.3) is 5.91 Å². The van der Waals surface area contributed by atoms with Crippen molar-refractivity contribution < 1.29 is 17.6 Å². The summed E-state index contributed by atoms with van der Waals surface area (Å²) in [5.41, 5.74) is 2.61. The van der Waals surface area contributed by atoms with Crippen molar-refractivity contribution in [1.82, 2.24) is 4.90 Å². The van der Waals surface area contributed by atoms with Gasteiger partial charge in [-0.1, -0.05) is 29.8 Å². The molecule has 0 unspecified atom stereocenters. The molecule has 4 rings (SSSR count). The van der Waals surface area contributed by atoms with Crippen LogP contribution in [0.15, 0.2) is 51.7 Å². The van der Waals surface area contributed by atoms with Gasteiger partial charge in [0.2, 0.25) is 0 Å². The number of sulfone groups is 1. The van der Waals surface area contributed by atoms with Gasteiger partial charge in [0.1, 0.15) is 5.58 Å². The van der Waals surface area contributed by atoms with Crippen LogP contribution in [0.3, 0.4) is 0 Å². The summed E-state index contributed by atoms with van der Waals surface area (Å²) in [6.45, 7) is 3.92. The maximum Gasteiger partial charge on any atom is 0.290 e. The van der Waals surface area contributed by atoms with E-state index >= 15 is 0 Å². The minimum absolute atomic E-state index is 0.0298. The van der Waals surface area contributed by atoms with E-state index in [-0.39, 0.29) is 29.2 Å². The average Bonchev–Trinajstić information content (AvgIpc) is 3.09. The van der Waals surface area contributed by atoms with Crippen LogP contribution in [0, 0.1) is 13.8 Å². The predicted octanol–water partition coefficient (Wildman–Crippen LogP) is 3.89. The maximum atomic E-state index is 13.5. The Morgan fingerprint density at radius 3 is 2.52 bits per heavy atom. The summed E-state index contributed by atoms with van der Waals surface area (Å²) in [5, 5.41) is 0.976. The van der Waals surface area contributed by atoms with Gasteiger partial charge in [-0.3, -0.25) is 9.59 Å². The molecule has 1 aromatic heterocycles. The third kappa shape index (κ3) is 4.38. The predicted molar refractivity (Wildman–Crippen MR) is 120 cm³/mol. The number of fused-ring (bicyclic) bond motifs is 1. The zero-order valence-electron chi connectivity index (χ0n) is 17.2. The second kappa shape index (κ2) is 8.13. The summed E-state index contributed by atoms with van der Waals surface area (Å²) in [6.07, 6.45) is 0.345. The van der Waals surface area contributed by atoms with Crippen LogP contribution >= 0.6 is 11.6 Å². The largest absolute Gasteiger partial charge is 0.450 e.